The second kappa shape index (κ2) is 7.70. The summed E-state index contributed by atoms with van der Waals surface area (Å²) in [6.45, 7) is 0.532. The number of likely N-dealkylation sites (N-methyl/N-ethyl adjacent to an activating group) is 1. The van der Waals surface area contributed by atoms with E-state index in [4.69, 9.17) is 16.0 Å². The van der Waals surface area contributed by atoms with E-state index < -0.39 is 0 Å². The van der Waals surface area contributed by atoms with Gasteiger partial charge >= 0.3 is 0 Å². The molecule has 0 radical (unpaired) electrons. The fraction of sp³-hybridized carbons (Fsp3) is 0.222. The Hall–Kier alpha value is -2.33. The molecule has 0 bridgehead atoms. The van der Waals surface area contributed by atoms with E-state index in [0.717, 1.165) is 10.4 Å². The van der Waals surface area contributed by atoms with E-state index in [2.05, 4.69) is 21.3 Å². The van der Waals surface area contributed by atoms with Crippen LogP contribution in [0.25, 0.3) is 10.8 Å². The van der Waals surface area contributed by atoms with Crippen molar-refractivity contribution in [1.82, 2.24) is 9.88 Å². The van der Waals surface area contributed by atoms with Crippen molar-refractivity contribution in [2.24, 2.45) is 0 Å². The highest BCUT2D eigenvalue weighted by Gasteiger charge is 2.20. The molecule has 25 heavy (non-hydrogen) atoms. The molecule has 5 nitrogen and oxygen atoms in total. The standard InChI is InChI=1S/C18H17ClN4OS/c1-23(2)15(12-6-3-4-7-13(12)19)11-21-17-14(10-20)22-18(24-17)16-8-5-9-25-16/h3-9,15,21H,11H2,1-2H3/t15-/m0/s1. The van der Waals surface area contributed by atoms with Gasteiger partial charge < -0.3 is 14.6 Å². The third-order valence-electron chi connectivity index (χ3n) is 3.81. The Balaban J connectivity index is 1.82. The average Bonchev–Trinajstić information content (AvgIpc) is 3.25. The zero-order chi connectivity index (χ0) is 17.8. The van der Waals surface area contributed by atoms with Gasteiger partial charge in [0.05, 0.1) is 10.9 Å². The predicted octanol–water partition coefficient (Wildman–Crippen LogP) is 4.64. The van der Waals surface area contributed by atoms with Crippen LogP contribution < -0.4 is 5.32 Å². The molecule has 1 atom stereocenters. The minimum absolute atomic E-state index is 0.0236. The van der Waals surface area contributed by atoms with Gasteiger partial charge in [0.2, 0.25) is 17.5 Å². The summed E-state index contributed by atoms with van der Waals surface area (Å²) in [5.74, 6) is 0.831. The van der Waals surface area contributed by atoms with Crippen LogP contribution >= 0.6 is 22.9 Å². The van der Waals surface area contributed by atoms with E-state index in [9.17, 15) is 5.26 Å². The van der Waals surface area contributed by atoms with Crippen molar-refractivity contribution in [1.29, 1.82) is 5.26 Å². The van der Waals surface area contributed by atoms with E-state index in [1.165, 1.54) is 11.3 Å². The third kappa shape index (κ3) is 3.85. The number of nitrogens with one attached hydrogen (secondary N) is 1. The van der Waals surface area contributed by atoms with Crippen molar-refractivity contribution in [2.75, 3.05) is 26.0 Å². The van der Waals surface area contributed by atoms with Crippen LogP contribution in [0.4, 0.5) is 5.88 Å². The molecule has 0 spiro atoms. The normalized spacial score (nSPS) is 12.1. The van der Waals surface area contributed by atoms with Gasteiger partial charge in [0, 0.05) is 11.6 Å². The number of thiophene rings is 1. The predicted molar refractivity (Wildman–Crippen MR) is 101 cm³/mol. The van der Waals surface area contributed by atoms with Crippen LogP contribution in [0.3, 0.4) is 0 Å². The lowest BCUT2D eigenvalue weighted by Gasteiger charge is -2.25. The molecule has 0 saturated heterocycles. The molecule has 0 unspecified atom stereocenters. The van der Waals surface area contributed by atoms with Gasteiger partial charge in [-0.3, -0.25) is 0 Å². The zero-order valence-corrected chi connectivity index (χ0v) is 15.4. The molecule has 0 fully saturated rings. The van der Waals surface area contributed by atoms with Crippen LogP contribution in [0.1, 0.15) is 17.3 Å². The van der Waals surface area contributed by atoms with E-state index in [1.807, 2.05) is 55.9 Å². The molecule has 2 heterocycles. The van der Waals surface area contributed by atoms with E-state index in [1.54, 1.807) is 0 Å². The summed E-state index contributed by atoms with van der Waals surface area (Å²) in [4.78, 5) is 7.22. The molecule has 1 N–H and O–H groups in total. The maximum atomic E-state index is 9.32. The summed E-state index contributed by atoms with van der Waals surface area (Å²) in [6, 6.07) is 13.7. The topological polar surface area (TPSA) is 65.1 Å². The van der Waals surface area contributed by atoms with Crippen LogP contribution in [0.5, 0.6) is 0 Å². The van der Waals surface area contributed by atoms with Crippen molar-refractivity contribution < 1.29 is 4.42 Å². The number of hydrogen-bond acceptors (Lipinski definition) is 6. The number of oxazole rings is 1. The quantitative estimate of drug-likeness (QED) is 0.682. The summed E-state index contributed by atoms with van der Waals surface area (Å²) in [5, 5.41) is 15.2. The molecule has 7 heteroatoms. The number of benzene rings is 1. The first-order chi connectivity index (χ1) is 12.1. The van der Waals surface area contributed by atoms with Gasteiger partial charge in [-0.15, -0.1) is 11.3 Å². The van der Waals surface area contributed by atoms with Gasteiger partial charge in [-0.25, -0.2) is 0 Å². The van der Waals surface area contributed by atoms with E-state index in [-0.39, 0.29) is 11.7 Å². The van der Waals surface area contributed by atoms with Crippen molar-refractivity contribution in [3.8, 4) is 16.8 Å². The summed E-state index contributed by atoms with van der Waals surface area (Å²) in [6.07, 6.45) is 0. The Morgan fingerprint density at radius 3 is 2.76 bits per heavy atom. The minimum atomic E-state index is 0.0236. The molecule has 0 aliphatic carbocycles. The number of aromatic nitrogens is 1. The maximum Gasteiger partial charge on any atom is 0.240 e. The first-order valence-corrected chi connectivity index (χ1v) is 8.95. The largest absolute Gasteiger partial charge is 0.418 e. The molecular formula is C18H17ClN4OS. The average molecular weight is 373 g/mol. The van der Waals surface area contributed by atoms with Crippen LogP contribution in [-0.2, 0) is 0 Å². The third-order valence-corrected chi connectivity index (χ3v) is 5.01. The maximum absolute atomic E-state index is 9.32. The molecule has 3 rings (SSSR count). The number of nitrogens with zero attached hydrogens (tertiary/aromatic N) is 3. The Kier molecular flexibility index (Phi) is 5.39. The van der Waals surface area contributed by atoms with E-state index >= 15 is 0 Å². The minimum Gasteiger partial charge on any atom is -0.418 e. The van der Waals surface area contributed by atoms with Gasteiger partial charge in [0.15, 0.2) is 0 Å². The number of halogens is 1. The van der Waals surface area contributed by atoms with Crippen LogP contribution in [0.2, 0.25) is 5.02 Å². The molecule has 0 aliphatic rings. The zero-order valence-electron chi connectivity index (χ0n) is 13.9. The first-order valence-electron chi connectivity index (χ1n) is 7.69. The number of nitriles is 1. The lowest BCUT2D eigenvalue weighted by molar-refractivity contribution is 0.310. The van der Waals surface area contributed by atoms with Crippen LogP contribution in [0.15, 0.2) is 46.2 Å². The van der Waals surface area contributed by atoms with Crippen molar-refractivity contribution in [3.63, 3.8) is 0 Å². The van der Waals surface area contributed by atoms with Crippen LogP contribution in [0, 0.1) is 11.3 Å². The highest BCUT2D eigenvalue weighted by molar-refractivity contribution is 7.13. The first kappa shape index (κ1) is 17.5. The Bertz CT molecular complexity index is 883. The van der Waals surface area contributed by atoms with Gasteiger partial charge in [-0.1, -0.05) is 35.9 Å². The smallest absolute Gasteiger partial charge is 0.240 e. The second-order valence-corrected chi connectivity index (χ2v) is 7.02. The molecule has 0 amide bonds. The Morgan fingerprint density at radius 1 is 1.32 bits per heavy atom. The fourth-order valence-corrected chi connectivity index (χ4v) is 3.44. The number of anilines is 1. The van der Waals surface area contributed by atoms with Crippen molar-refractivity contribution >= 4 is 28.8 Å². The van der Waals surface area contributed by atoms with Crippen molar-refractivity contribution in [3.05, 3.63) is 58.1 Å². The summed E-state index contributed by atoms with van der Waals surface area (Å²) in [7, 11) is 3.97. The summed E-state index contributed by atoms with van der Waals surface area (Å²) < 4.78 is 5.76. The van der Waals surface area contributed by atoms with Gasteiger partial charge in [-0.2, -0.15) is 10.2 Å². The molecule has 1 aromatic carbocycles. The lowest BCUT2D eigenvalue weighted by Crippen LogP contribution is -2.27. The number of rotatable bonds is 6. The lowest BCUT2D eigenvalue weighted by atomic mass is 10.1. The molecule has 0 aliphatic heterocycles. The Morgan fingerprint density at radius 2 is 2.12 bits per heavy atom. The van der Waals surface area contributed by atoms with Crippen LogP contribution in [-0.4, -0.2) is 30.5 Å². The molecular weight excluding hydrogens is 356 g/mol. The van der Waals surface area contributed by atoms with Gasteiger partial charge in [0.25, 0.3) is 0 Å². The molecule has 2 aromatic heterocycles. The molecule has 128 valence electrons. The second-order valence-electron chi connectivity index (χ2n) is 5.67. The summed E-state index contributed by atoms with van der Waals surface area (Å²) in [5.41, 5.74) is 1.26. The highest BCUT2D eigenvalue weighted by atomic mass is 35.5. The molecule has 3 aromatic rings. The monoisotopic (exact) mass is 372 g/mol. The fourth-order valence-electron chi connectivity index (χ4n) is 2.53. The van der Waals surface area contributed by atoms with Gasteiger partial charge in [-0.05, 0) is 37.2 Å². The van der Waals surface area contributed by atoms with E-state index in [0.29, 0.717) is 23.3 Å². The number of hydrogen-bond donors (Lipinski definition) is 1. The summed E-state index contributed by atoms with van der Waals surface area (Å²) >= 11 is 7.85. The highest BCUT2D eigenvalue weighted by Crippen LogP contribution is 2.30. The van der Waals surface area contributed by atoms with Crippen molar-refractivity contribution in [2.45, 2.75) is 6.04 Å². The molecule has 0 saturated carbocycles. The SMILES string of the molecule is CN(C)[C@@H](CNc1oc(-c2cccs2)nc1C#N)c1ccccc1Cl. The Labute approximate surface area is 155 Å². The van der Waals surface area contributed by atoms with Gasteiger partial charge in [0.1, 0.15) is 6.07 Å².